The van der Waals surface area contributed by atoms with Crippen LogP contribution in [-0.4, -0.2) is 12.0 Å². The molecule has 1 amide bonds. The molecule has 0 fully saturated rings. The molecule has 0 unspecified atom stereocenters. The van der Waals surface area contributed by atoms with E-state index in [2.05, 4.69) is 5.32 Å². The molecule has 4 nitrogen and oxygen atoms in total. The van der Waals surface area contributed by atoms with Crippen molar-refractivity contribution >= 4 is 11.6 Å². The molecule has 19 heavy (non-hydrogen) atoms. The minimum Gasteiger partial charge on any atom is -0.491 e. The van der Waals surface area contributed by atoms with Crippen LogP contribution in [0.5, 0.6) is 5.75 Å². The predicted molar refractivity (Wildman–Crippen MR) is 73.6 cm³/mol. The average molecular weight is 259 g/mol. The maximum atomic E-state index is 12.0. The van der Waals surface area contributed by atoms with E-state index in [1.165, 1.54) is 6.26 Å². The lowest BCUT2D eigenvalue weighted by atomic mass is 10.2. The van der Waals surface area contributed by atoms with E-state index < -0.39 is 0 Å². The van der Waals surface area contributed by atoms with Gasteiger partial charge in [-0.1, -0.05) is 0 Å². The molecule has 0 saturated carbocycles. The van der Waals surface area contributed by atoms with Crippen LogP contribution >= 0.6 is 0 Å². The summed E-state index contributed by atoms with van der Waals surface area (Å²) in [4.78, 5) is 12.0. The Morgan fingerprint density at radius 2 is 1.89 bits per heavy atom. The monoisotopic (exact) mass is 259 g/mol. The maximum Gasteiger partial charge on any atom is 0.259 e. The molecular formula is C15H17NO3. The van der Waals surface area contributed by atoms with Gasteiger partial charge in [0.1, 0.15) is 11.5 Å². The Balaban J connectivity index is 2.04. The summed E-state index contributed by atoms with van der Waals surface area (Å²) in [5, 5.41) is 2.81. The number of ether oxygens (including phenoxy) is 1. The van der Waals surface area contributed by atoms with Crippen LogP contribution in [0.1, 0.15) is 30.0 Å². The highest BCUT2D eigenvalue weighted by atomic mass is 16.5. The topological polar surface area (TPSA) is 51.5 Å². The van der Waals surface area contributed by atoms with Crippen LogP contribution in [0, 0.1) is 6.92 Å². The zero-order chi connectivity index (χ0) is 13.8. The standard InChI is InChI=1S/C15H17NO3/c1-10(2)19-13-6-4-12(5-7-13)16-15(17)14-8-9-18-11(14)3/h4-10H,1-3H3,(H,16,17). The molecule has 1 aromatic carbocycles. The van der Waals surface area contributed by atoms with Crippen molar-refractivity contribution in [3.05, 3.63) is 47.9 Å². The maximum absolute atomic E-state index is 12.0. The molecule has 2 rings (SSSR count). The summed E-state index contributed by atoms with van der Waals surface area (Å²) in [7, 11) is 0. The summed E-state index contributed by atoms with van der Waals surface area (Å²) in [6.07, 6.45) is 1.64. The number of hydrogen-bond acceptors (Lipinski definition) is 3. The van der Waals surface area contributed by atoms with E-state index in [1.54, 1.807) is 13.0 Å². The molecule has 0 spiro atoms. The minimum atomic E-state index is -0.177. The second-order valence-electron chi connectivity index (χ2n) is 4.54. The quantitative estimate of drug-likeness (QED) is 0.912. The largest absolute Gasteiger partial charge is 0.491 e. The van der Waals surface area contributed by atoms with Crippen LogP contribution in [0.25, 0.3) is 0 Å². The molecule has 1 N–H and O–H groups in total. The van der Waals surface area contributed by atoms with Gasteiger partial charge < -0.3 is 14.5 Å². The second kappa shape index (κ2) is 5.61. The van der Waals surface area contributed by atoms with Crippen LogP contribution < -0.4 is 10.1 Å². The summed E-state index contributed by atoms with van der Waals surface area (Å²) in [5.74, 6) is 1.22. The lowest BCUT2D eigenvalue weighted by Gasteiger charge is -2.10. The Morgan fingerprint density at radius 3 is 2.42 bits per heavy atom. The van der Waals surface area contributed by atoms with Crippen LogP contribution in [0.4, 0.5) is 5.69 Å². The molecule has 0 aliphatic carbocycles. The highest BCUT2D eigenvalue weighted by Gasteiger charge is 2.11. The van der Waals surface area contributed by atoms with E-state index in [-0.39, 0.29) is 12.0 Å². The summed E-state index contributed by atoms with van der Waals surface area (Å²) in [6.45, 7) is 5.70. The molecule has 1 aromatic heterocycles. The van der Waals surface area contributed by atoms with Crippen molar-refractivity contribution in [2.24, 2.45) is 0 Å². The molecule has 0 bridgehead atoms. The van der Waals surface area contributed by atoms with E-state index >= 15 is 0 Å². The fourth-order valence-electron chi connectivity index (χ4n) is 1.71. The van der Waals surface area contributed by atoms with Gasteiger partial charge in [-0.05, 0) is 51.1 Å². The molecule has 4 heteroatoms. The molecule has 0 aliphatic heterocycles. The van der Waals surface area contributed by atoms with Gasteiger partial charge in [0.05, 0.1) is 17.9 Å². The predicted octanol–water partition coefficient (Wildman–Crippen LogP) is 3.63. The number of amides is 1. The Bertz CT molecular complexity index is 555. The first kappa shape index (κ1) is 13.2. The van der Waals surface area contributed by atoms with Crippen LogP contribution in [0.3, 0.4) is 0 Å². The highest BCUT2D eigenvalue weighted by molar-refractivity contribution is 6.04. The first-order chi connectivity index (χ1) is 9.06. The van der Waals surface area contributed by atoms with Gasteiger partial charge in [-0.25, -0.2) is 0 Å². The van der Waals surface area contributed by atoms with Crippen molar-refractivity contribution in [2.75, 3.05) is 5.32 Å². The zero-order valence-electron chi connectivity index (χ0n) is 11.3. The van der Waals surface area contributed by atoms with Gasteiger partial charge in [-0.2, -0.15) is 0 Å². The van der Waals surface area contributed by atoms with Crippen molar-refractivity contribution < 1.29 is 13.9 Å². The first-order valence-electron chi connectivity index (χ1n) is 6.18. The van der Waals surface area contributed by atoms with Gasteiger partial charge in [0.15, 0.2) is 0 Å². The zero-order valence-corrected chi connectivity index (χ0v) is 11.3. The van der Waals surface area contributed by atoms with Crippen LogP contribution in [0.2, 0.25) is 0 Å². The Labute approximate surface area is 112 Å². The second-order valence-corrected chi connectivity index (χ2v) is 4.54. The molecule has 0 atom stereocenters. The molecule has 0 radical (unpaired) electrons. The third kappa shape index (κ3) is 3.37. The fraction of sp³-hybridized carbons (Fsp3) is 0.267. The number of carbonyl (C=O) groups is 1. The molecular weight excluding hydrogens is 242 g/mol. The lowest BCUT2D eigenvalue weighted by molar-refractivity contribution is 0.102. The number of carbonyl (C=O) groups excluding carboxylic acids is 1. The number of benzene rings is 1. The SMILES string of the molecule is Cc1occc1C(=O)Nc1ccc(OC(C)C)cc1. The molecule has 100 valence electrons. The van der Waals surface area contributed by atoms with E-state index in [4.69, 9.17) is 9.15 Å². The van der Waals surface area contributed by atoms with Gasteiger partial charge in [-0.15, -0.1) is 0 Å². The Morgan fingerprint density at radius 1 is 1.21 bits per heavy atom. The van der Waals surface area contributed by atoms with Crippen molar-refractivity contribution in [3.63, 3.8) is 0 Å². The number of anilines is 1. The molecule has 2 aromatic rings. The summed E-state index contributed by atoms with van der Waals surface area (Å²) >= 11 is 0. The summed E-state index contributed by atoms with van der Waals surface area (Å²) in [5.41, 5.74) is 1.27. The summed E-state index contributed by atoms with van der Waals surface area (Å²) in [6, 6.07) is 8.94. The van der Waals surface area contributed by atoms with Crippen molar-refractivity contribution in [1.29, 1.82) is 0 Å². The van der Waals surface area contributed by atoms with Gasteiger partial charge in [0, 0.05) is 5.69 Å². The summed E-state index contributed by atoms with van der Waals surface area (Å²) < 4.78 is 10.6. The van der Waals surface area contributed by atoms with Crippen molar-refractivity contribution in [2.45, 2.75) is 26.9 Å². The minimum absolute atomic E-state index is 0.133. The highest BCUT2D eigenvalue weighted by Crippen LogP contribution is 2.18. The van der Waals surface area contributed by atoms with E-state index in [1.807, 2.05) is 38.1 Å². The smallest absolute Gasteiger partial charge is 0.259 e. The van der Waals surface area contributed by atoms with Gasteiger partial charge in [0.25, 0.3) is 5.91 Å². The van der Waals surface area contributed by atoms with Crippen LogP contribution in [-0.2, 0) is 0 Å². The molecule has 1 heterocycles. The van der Waals surface area contributed by atoms with E-state index in [0.717, 1.165) is 11.4 Å². The van der Waals surface area contributed by atoms with Crippen molar-refractivity contribution in [3.8, 4) is 5.75 Å². The fourth-order valence-corrected chi connectivity index (χ4v) is 1.71. The van der Waals surface area contributed by atoms with Gasteiger partial charge >= 0.3 is 0 Å². The normalized spacial score (nSPS) is 10.5. The molecule has 0 saturated heterocycles. The number of hydrogen-bond donors (Lipinski definition) is 1. The Kier molecular flexibility index (Phi) is 3.90. The van der Waals surface area contributed by atoms with Crippen LogP contribution in [0.15, 0.2) is 41.0 Å². The van der Waals surface area contributed by atoms with Gasteiger partial charge in [-0.3, -0.25) is 4.79 Å². The number of aryl methyl sites for hydroxylation is 1. The van der Waals surface area contributed by atoms with Crippen molar-refractivity contribution in [1.82, 2.24) is 0 Å². The lowest BCUT2D eigenvalue weighted by Crippen LogP contribution is -2.12. The van der Waals surface area contributed by atoms with E-state index in [9.17, 15) is 4.79 Å². The number of furan rings is 1. The Hall–Kier alpha value is -2.23. The van der Waals surface area contributed by atoms with Gasteiger partial charge in [0.2, 0.25) is 0 Å². The van der Waals surface area contributed by atoms with E-state index in [0.29, 0.717) is 11.3 Å². The third-order valence-electron chi connectivity index (χ3n) is 2.59. The third-order valence-corrected chi connectivity index (χ3v) is 2.59. The first-order valence-corrected chi connectivity index (χ1v) is 6.18. The number of rotatable bonds is 4. The number of nitrogens with one attached hydrogen (secondary N) is 1. The molecule has 0 aliphatic rings. The average Bonchev–Trinajstić information content (AvgIpc) is 2.77.